The summed E-state index contributed by atoms with van der Waals surface area (Å²) in [6, 6.07) is 0. The van der Waals surface area contributed by atoms with Crippen molar-refractivity contribution in [2.24, 2.45) is 5.73 Å². The third kappa shape index (κ3) is 7.08. The van der Waals surface area contributed by atoms with Gasteiger partial charge in [-0.05, 0) is 6.42 Å². The second-order valence-corrected chi connectivity index (χ2v) is 2.72. The molecule has 80 valence electrons. The quantitative estimate of drug-likeness (QED) is 0.594. The number of hydroxylamine groups is 1. The van der Waals surface area contributed by atoms with Crippen LogP contribution in [0.1, 0.15) is 32.6 Å². The van der Waals surface area contributed by atoms with Crippen molar-refractivity contribution in [1.29, 1.82) is 0 Å². The van der Waals surface area contributed by atoms with Crippen LogP contribution in [0.15, 0.2) is 0 Å². The van der Waals surface area contributed by atoms with E-state index in [4.69, 9.17) is 5.73 Å². The lowest BCUT2D eigenvalue weighted by atomic mass is 10.3. The van der Waals surface area contributed by atoms with Gasteiger partial charge in [-0.2, -0.15) is 5.48 Å². The van der Waals surface area contributed by atoms with Gasteiger partial charge >= 0.3 is 5.97 Å². The Labute approximate surface area is 81.7 Å². The lowest BCUT2D eigenvalue weighted by Crippen LogP contribution is -2.27. The van der Waals surface area contributed by atoms with Gasteiger partial charge in [-0.1, -0.05) is 6.92 Å². The van der Waals surface area contributed by atoms with Crippen LogP contribution in [0.4, 0.5) is 0 Å². The molecule has 0 rings (SSSR count). The van der Waals surface area contributed by atoms with Crippen molar-refractivity contribution in [3.05, 3.63) is 0 Å². The van der Waals surface area contributed by atoms with Crippen molar-refractivity contribution in [2.75, 3.05) is 0 Å². The lowest BCUT2D eigenvalue weighted by Gasteiger charge is -2.03. The van der Waals surface area contributed by atoms with E-state index in [0.717, 1.165) is 0 Å². The van der Waals surface area contributed by atoms with Crippen LogP contribution in [0, 0.1) is 0 Å². The number of carbonyl (C=O) groups excluding carboxylic acids is 3. The molecular formula is C8H14N2O4. The summed E-state index contributed by atoms with van der Waals surface area (Å²) in [7, 11) is 0. The Bertz CT molecular complexity index is 227. The predicted molar refractivity (Wildman–Crippen MR) is 47.6 cm³/mol. The van der Waals surface area contributed by atoms with Gasteiger partial charge in [0.1, 0.15) is 0 Å². The molecular weight excluding hydrogens is 188 g/mol. The maximum atomic E-state index is 10.9. The van der Waals surface area contributed by atoms with Gasteiger partial charge in [-0.25, -0.2) is 4.79 Å². The number of primary amides is 1. The summed E-state index contributed by atoms with van der Waals surface area (Å²) >= 11 is 0. The smallest absolute Gasteiger partial charge is 0.332 e. The number of nitrogens with one attached hydrogen (secondary N) is 1. The molecule has 6 heteroatoms. The van der Waals surface area contributed by atoms with Crippen LogP contribution in [0.25, 0.3) is 0 Å². The maximum Gasteiger partial charge on any atom is 0.332 e. The van der Waals surface area contributed by atoms with Gasteiger partial charge in [0, 0.05) is 19.3 Å². The zero-order valence-electron chi connectivity index (χ0n) is 8.04. The van der Waals surface area contributed by atoms with Crippen LogP contribution >= 0.6 is 0 Å². The van der Waals surface area contributed by atoms with Crippen LogP contribution < -0.4 is 11.2 Å². The molecule has 0 aromatic heterocycles. The average Bonchev–Trinajstić information content (AvgIpc) is 2.12. The van der Waals surface area contributed by atoms with E-state index in [9.17, 15) is 14.4 Å². The van der Waals surface area contributed by atoms with Gasteiger partial charge in [0.2, 0.25) is 5.91 Å². The van der Waals surface area contributed by atoms with Gasteiger partial charge < -0.3 is 10.6 Å². The third-order valence-corrected chi connectivity index (χ3v) is 1.33. The first-order valence-electron chi connectivity index (χ1n) is 4.33. The normalized spacial score (nSPS) is 9.21. The Morgan fingerprint density at radius 1 is 1.21 bits per heavy atom. The molecule has 0 unspecified atom stereocenters. The largest absolute Gasteiger partial charge is 0.370 e. The van der Waals surface area contributed by atoms with Crippen LogP contribution in [0.5, 0.6) is 0 Å². The van der Waals surface area contributed by atoms with Crippen LogP contribution in [0.3, 0.4) is 0 Å². The summed E-state index contributed by atoms with van der Waals surface area (Å²) < 4.78 is 0. The first-order valence-corrected chi connectivity index (χ1v) is 4.33. The SMILES string of the molecule is CCCC(=O)ONC(=O)CCC(N)=O. The molecule has 0 heterocycles. The highest BCUT2D eigenvalue weighted by atomic mass is 16.7. The van der Waals surface area contributed by atoms with E-state index in [-0.39, 0.29) is 19.3 Å². The number of nitrogens with two attached hydrogens (primary N) is 1. The standard InChI is InChI=1S/C8H14N2O4/c1-2-3-8(13)14-10-7(12)5-4-6(9)11/h2-5H2,1H3,(H2,9,11)(H,10,12). The van der Waals surface area contributed by atoms with Gasteiger partial charge in [-0.3, -0.25) is 9.59 Å². The predicted octanol–water partition coefficient (Wildman–Crippen LogP) is -0.374. The summed E-state index contributed by atoms with van der Waals surface area (Å²) in [6.45, 7) is 1.82. The van der Waals surface area contributed by atoms with E-state index in [0.29, 0.717) is 6.42 Å². The molecule has 0 aromatic carbocycles. The summed E-state index contributed by atoms with van der Waals surface area (Å²) in [5.74, 6) is -1.60. The molecule has 0 aliphatic rings. The van der Waals surface area contributed by atoms with Crippen molar-refractivity contribution in [3.8, 4) is 0 Å². The minimum atomic E-state index is -0.569. The highest BCUT2D eigenvalue weighted by Crippen LogP contribution is 1.91. The zero-order chi connectivity index (χ0) is 11.0. The molecule has 0 radical (unpaired) electrons. The molecule has 0 bridgehead atoms. The fraction of sp³-hybridized carbons (Fsp3) is 0.625. The Hall–Kier alpha value is -1.59. The molecule has 0 aliphatic heterocycles. The first kappa shape index (κ1) is 12.4. The van der Waals surface area contributed by atoms with E-state index >= 15 is 0 Å². The van der Waals surface area contributed by atoms with E-state index in [1.807, 2.05) is 12.4 Å². The van der Waals surface area contributed by atoms with Crippen LogP contribution in [-0.2, 0) is 19.2 Å². The monoisotopic (exact) mass is 202 g/mol. The van der Waals surface area contributed by atoms with Gasteiger partial charge in [0.25, 0.3) is 5.91 Å². The average molecular weight is 202 g/mol. The number of carbonyl (C=O) groups is 3. The van der Waals surface area contributed by atoms with Crippen LogP contribution in [-0.4, -0.2) is 17.8 Å². The fourth-order valence-electron chi connectivity index (χ4n) is 0.657. The van der Waals surface area contributed by atoms with Crippen molar-refractivity contribution in [1.82, 2.24) is 5.48 Å². The Morgan fingerprint density at radius 2 is 1.86 bits per heavy atom. The highest BCUT2D eigenvalue weighted by Gasteiger charge is 2.06. The first-order chi connectivity index (χ1) is 6.56. The molecule has 14 heavy (non-hydrogen) atoms. The zero-order valence-corrected chi connectivity index (χ0v) is 8.04. The number of hydrogen-bond donors (Lipinski definition) is 2. The Balaban J connectivity index is 3.53. The molecule has 0 aliphatic carbocycles. The topological polar surface area (TPSA) is 98.5 Å². The van der Waals surface area contributed by atoms with Crippen molar-refractivity contribution >= 4 is 17.8 Å². The molecule has 0 fully saturated rings. The minimum Gasteiger partial charge on any atom is -0.370 e. The third-order valence-electron chi connectivity index (χ3n) is 1.33. The number of hydrogen-bond acceptors (Lipinski definition) is 4. The summed E-state index contributed by atoms with van der Waals surface area (Å²) in [5, 5.41) is 0. The molecule has 3 N–H and O–H groups in total. The molecule has 0 spiro atoms. The Kier molecular flexibility index (Phi) is 6.09. The van der Waals surface area contributed by atoms with Crippen LogP contribution in [0.2, 0.25) is 0 Å². The summed E-state index contributed by atoms with van der Waals surface area (Å²) in [5.41, 5.74) is 6.74. The highest BCUT2D eigenvalue weighted by molar-refractivity contribution is 5.83. The van der Waals surface area contributed by atoms with Crippen molar-refractivity contribution < 1.29 is 19.2 Å². The molecule has 6 nitrogen and oxygen atoms in total. The van der Waals surface area contributed by atoms with Gasteiger partial charge in [0.05, 0.1) is 0 Å². The molecule has 0 saturated heterocycles. The second kappa shape index (κ2) is 6.88. The summed E-state index contributed by atoms with van der Waals surface area (Å²) in [4.78, 5) is 36.3. The van der Waals surface area contributed by atoms with Gasteiger partial charge in [0.15, 0.2) is 0 Å². The second-order valence-electron chi connectivity index (χ2n) is 2.72. The summed E-state index contributed by atoms with van der Waals surface area (Å²) in [6.07, 6.45) is 0.762. The molecule has 0 atom stereocenters. The lowest BCUT2D eigenvalue weighted by molar-refractivity contribution is -0.158. The van der Waals surface area contributed by atoms with E-state index in [1.54, 1.807) is 0 Å². The molecule has 0 aromatic rings. The van der Waals surface area contributed by atoms with Gasteiger partial charge in [-0.15, -0.1) is 0 Å². The van der Waals surface area contributed by atoms with E-state index in [2.05, 4.69) is 4.84 Å². The minimum absolute atomic E-state index is 0.0584. The van der Waals surface area contributed by atoms with Crippen molar-refractivity contribution in [3.63, 3.8) is 0 Å². The molecule has 2 amide bonds. The maximum absolute atomic E-state index is 10.9. The molecule has 0 saturated carbocycles. The Morgan fingerprint density at radius 3 is 2.36 bits per heavy atom. The van der Waals surface area contributed by atoms with Crippen molar-refractivity contribution in [2.45, 2.75) is 32.6 Å². The van der Waals surface area contributed by atoms with E-state index in [1.165, 1.54) is 0 Å². The number of amides is 2. The number of rotatable bonds is 5. The fourth-order valence-corrected chi connectivity index (χ4v) is 0.657. The van der Waals surface area contributed by atoms with E-state index < -0.39 is 17.8 Å².